The van der Waals surface area contributed by atoms with E-state index in [0.717, 1.165) is 5.56 Å². The van der Waals surface area contributed by atoms with Crippen LogP contribution in [0.3, 0.4) is 0 Å². The van der Waals surface area contributed by atoms with Crippen molar-refractivity contribution in [2.45, 2.75) is 26.9 Å². The Morgan fingerprint density at radius 1 is 1.41 bits per heavy atom. The molecule has 0 unspecified atom stereocenters. The molecule has 0 fully saturated rings. The third-order valence-corrected chi connectivity index (χ3v) is 2.17. The summed E-state index contributed by atoms with van der Waals surface area (Å²) in [6.45, 7) is 4.24. The minimum absolute atomic E-state index is 0.164. The van der Waals surface area contributed by atoms with Crippen LogP contribution in [0.25, 0.3) is 0 Å². The molecule has 0 aromatic heterocycles. The fourth-order valence-corrected chi connectivity index (χ4v) is 1.25. The van der Waals surface area contributed by atoms with Gasteiger partial charge in [0, 0.05) is 6.08 Å². The molecular weight excluding hydrogens is 218 g/mol. The van der Waals surface area contributed by atoms with Crippen molar-refractivity contribution in [3.63, 3.8) is 0 Å². The van der Waals surface area contributed by atoms with Gasteiger partial charge in [-0.05, 0) is 17.9 Å². The number of nitrogens with zero attached hydrogens (tertiary/aromatic N) is 1. The molecule has 0 bridgehead atoms. The third-order valence-electron chi connectivity index (χ3n) is 2.17. The number of hydrogen-bond acceptors (Lipinski definition) is 3. The molecule has 4 heteroatoms. The topological polar surface area (TPSA) is 52.4 Å². The summed E-state index contributed by atoms with van der Waals surface area (Å²) < 4.78 is 5.20. The first-order chi connectivity index (χ1) is 8.09. The summed E-state index contributed by atoms with van der Waals surface area (Å²) in [6.07, 6.45) is 2.18. The van der Waals surface area contributed by atoms with Crippen LogP contribution < -0.4 is 0 Å². The summed E-state index contributed by atoms with van der Waals surface area (Å²) in [5, 5.41) is 10.7. The van der Waals surface area contributed by atoms with E-state index in [4.69, 9.17) is 4.74 Å². The molecule has 0 aliphatic heterocycles. The van der Waals surface area contributed by atoms with Gasteiger partial charge in [0.15, 0.2) is 0 Å². The van der Waals surface area contributed by atoms with Crippen LogP contribution in [0, 0.1) is 16.0 Å². The Labute approximate surface area is 101 Å². The Hall–Kier alpha value is -1.84. The Balaban J connectivity index is 2.56. The second kappa shape index (κ2) is 6.68. The van der Waals surface area contributed by atoms with Crippen molar-refractivity contribution >= 4 is 0 Å². The molecule has 0 spiro atoms. The number of rotatable bonds is 6. The molecule has 0 aliphatic rings. The molecule has 1 aromatic carbocycles. The van der Waals surface area contributed by atoms with Gasteiger partial charge in [-0.15, -0.1) is 0 Å². The van der Waals surface area contributed by atoms with Crippen LogP contribution in [-0.2, 0) is 11.3 Å². The lowest BCUT2D eigenvalue weighted by atomic mass is 10.1. The maximum Gasteiger partial charge on any atom is 0.424 e. The highest BCUT2D eigenvalue weighted by atomic mass is 16.7. The van der Waals surface area contributed by atoms with Gasteiger partial charge in [-0.2, -0.15) is 0 Å². The molecule has 0 atom stereocenters. The molecule has 0 radical (unpaired) electrons. The lowest BCUT2D eigenvalue weighted by Gasteiger charge is -2.04. The van der Waals surface area contributed by atoms with Gasteiger partial charge >= 0.3 is 5.88 Å². The SMILES string of the molecule is CC(C)CC=C(OCc1ccccc1)[N+](=O)[O-]. The van der Waals surface area contributed by atoms with E-state index in [9.17, 15) is 10.1 Å². The zero-order valence-electron chi connectivity index (χ0n) is 10.1. The second-order valence-corrected chi connectivity index (χ2v) is 4.20. The van der Waals surface area contributed by atoms with E-state index in [0.29, 0.717) is 12.3 Å². The first-order valence-electron chi connectivity index (χ1n) is 5.61. The molecule has 17 heavy (non-hydrogen) atoms. The average Bonchev–Trinajstić information content (AvgIpc) is 2.29. The summed E-state index contributed by atoms with van der Waals surface area (Å²) in [5.41, 5.74) is 0.921. The molecule has 1 aromatic rings. The normalized spacial score (nSPS) is 11.6. The lowest BCUT2D eigenvalue weighted by Crippen LogP contribution is -2.04. The largest absolute Gasteiger partial charge is 0.436 e. The van der Waals surface area contributed by atoms with Crippen LogP contribution in [0.4, 0.5) is 0 Å². The van der Waals surface area contributed by atoms with Gasteiger partial charge in [0.1, 0.15) is 11.5 Å². The van der Waals surface area contributed by atoms with E-state index >= 15 is 0 Å². The highest BCUT2D eigenvalue weighted by Crippen LogP contribution is 2.09. The van der Waals surface area contributed by atoms with Crippen molar-refractivity contribution in [2.75, 3.05) is 0 Å². The highest BCUT2D eigenvalue weighted by Gasteiger charge is 2.12. The average molecular weight is 235 g/mol. The smallest absolute Gasteiger partial charge is 0.424 e. The zero-order chi connectivity index (χ0) is 12.7. The van der Waals surface area contributed by atoms with Crippen molar-refractivity contribution in [3.05, 3.63) is 58.0 Å². The van der Waals surface area contributed by atoms with Crippen LogP contribution in [-0.4, -0.2) is 4.92 Å². The molecule has 0 saturated heterocycles. The van der Waals surface area contributed by atoms with Gasteiger partial charge in [-0.25, -0.2) is 0 Å². The van der Waals surface area contributed by atoms with E-state index in [1.54, 1.807) is 0 Å². The molecule has 0 amide bonds. The molecule has 0 heterocycles. The van der Waals surface area contributed by atoms with E-state index in [-0.39, 0.29) is 12.5 Å². The summed E-state index contributed by atoms with van der Waals surface area (Å²) in [5.74, 6) is 0.216. The van der Waals surface area contributed by atoms with E-state index < -0.39 is 4.92 Å². The van der Waals surface area contributed by atoms with Crippen LogP contribution in [0.15, 0.2) is 42.3 Å². The first kappa shape index (κ1) is 13.2. The maximum atomic E-state index is 10.7. The van der Waals surface area contributed by atoms with E-state index in [2.05, 4.69) is 0 Å². The molecule has 92 valence electrons. The monoisotopic (exact) mass is 235 g/mol. The Morgan fingerprint density at radius 3 is 2.59 bits per heavy atom. The molecule has 1 rings (SSSR count). The quantitative estimate of drug-likeness (QED) is 0.431. The molecule has 4 nitrogen and oxygen atoms in total. The number of hydrogen-bond donors (Lipinski definition) is 0. The number of nitro groups is 1. The Kier molecular flexibility index (Phi) is 5.20. The standard InChI is InChI=1S/C13H17NO3/c1-11(2)8-9-13(14(15)16)17-10-12-6-4-3-5-7-12/h3-7,9,11H,8,10H2,1-2H3. The minimum atomic E-state index is -0.481. The van der Waals surface area contributed by atoms with Crippen molar-refractivity contribution in [2.24, 2.45) is 5.92 Å². The van der Waals surface area contributed by atoms with Gasteiger partial charge in [0.2, 0.25) is 0 Å². The summed E-state index contributed by atoms with van der Waals surface area (Å²) in [4.78, 5) is 10.3. The maximum absolute atomic E-state index is 10.7. The predicted octanol–water partition coefficient (Wildman–Crippen LogP) is 3.37. The lowest BCUT2D eigenvalue weighted by molar-refractivity contribution is -0.465. The Bertz CT molecular complexity index is 385. The van der Waals surface area contributed by atoms with Crippen LogP contribution in [0.1, 0.15) is 25.8 Å². The fourth-order valence-electron chi connectivity index (χ4n) is 1.25. The second-order valence-electron chi connectivity index (χ2n) is 4.20. The van der Waals surface area contributed by atoms with Gasteiger partial charge in [-0.3, -0.25) is 10.1 Å². The first-order valence-corrected chi connectivity index (χ1v) is 5.61. The van der Waals surface area contributed by atoms with Crippen LogP contribution in [0.2, 0.25) is 0 Å². The summed E-state index contributed by atoms with van der Waals surface area (Å²) in [6, 6.07) is 9.40. The number of allylic oxidation sites excluding steroid dienone is 1. The van der Waals surface area contributed by atoms with E-state index in [1.807, 2.05) is 44.2 Å². The molecular formula is C13H17NO3. The number of ether oxygens (including phenoxy) is 1. The minimum Gasteiger partial charge on any atom is -0.436 e. The van der Waals surface area contributed by atoms with Gasteiger partial charge in [-0.1, -0.05) is 44.2 Å². The fraction of sp³-hybridized carbons (Fsp3) is 0.385. The highest BCUT2D eigenvalue weighted by molar-refractivity contribution is 5.13. The van der Waals surface area contributed by atoms with Gasteiger partial charge < -0.3 is 4.74 Å². The van der Waals surface area contributed by atoms with Crippen molar-refractivity contribution < 1.29 is 9.66 Å². The van der Waals surface area contributed by atoms with Crippen molar-refractivity contribution in [1.29, 1.82) is 0 Å². The zero-order valence-corrected chi connectivity index (χ0v) is 10.1. The third kappa shape index (κ3) is 5.15. The molecule has 0 N–H and O–H groups in total. The molecule has 0 saturated carbocycles. The van der Waals surface area contributed by atoms with Crippen LogP contribution >= 0.6 is 0 Å². The van der Waals surface area contributed by atoms with Crippen molar-refractivity contribution in [1.82, 2.24) is 0 Å². The van der Waals surface area contributed by atoms with E-state index in [1.165, 1.54) is 6.08 Å². The summed E-state index contributed by atoms with van der Waals surface area (Å²) >= 11 is 0. The predicted molar refractivity (Wildman–Crippen MR) is 65.8 cm³/mol. The van der Waals surface area contributed by atoms with Gasteiger partial charge in [0.25, 0.3) is 0 Å². The van der Waals surface area contributed by atoms with Crippen molar-refractivity contribution in [3.8, 4) is 0 Å². The Morgan fingerprint density at radius 2 is 2.06 bits per heavy atom. The number of benzene rings is 1. The molecule has 0 aliphatic carbocycles. The van der Waals surface area contributed by atoms with Crippen LogP contribution in [0.5, 0.6) is 0 Å². The van der Waals surface area contributed by atoms with Gasteiger partial charge in [0.05, 0.1) is 0 Å². The summed E-state index contributed by atoms with van der Waals surface area (Å²) in [7, 11) is 0.